The Bertz CT molecular complexity index is 1490. The molecule has 0 radical (unpaired) electrons. The molecule has 0 aliphatic carbocycles. The topological polar surface area (TPSA) is 90.7 Å². The maximum atomic E-state index is 15.4. The molecule has 2 aromatic carbocycles. The van der Waals surface area contributed by atoms with Crippen LogP contribution in [0.5, 0.6) is 5.75 Å². The van der Waals surface area contributed by atoms with E-state index in [-0.39, 0.29) is 29.3 Å². The Hall–Kier alpha value is -3.92. The van der Waals surface area contributed by atoms with Gasteiger partial charge in [-0.05, 0) is 43.2 Å². The predicted molar refractivity (Wildman–Crippen MR) is 140 cm³/mol. The molecule has 0 saturated carbocycles. The number of benzene rings is 2. The Morgan fingerprint density at radius 2 is 1.82 bits per heavy atom. The predicted octanol–water partition coefficient (Wildman–Crippen LogP) is 4.24. The molecule has 40 heavy (non-hydrogen) atoms. The molecule has 0 spiro atoms. The van der Waals surface area contributed by atoms with Crippen molar-refractivity contribution in [1.82, 2.24) is 14.7 Å². The van der Waals surface area contributed by atoms with Crippen LogP contribution in [0.25, 0.3) is 0 Å². The van der Waals surface area contributed by atoms with E-state index in [2.05, 4.69) is 5.10 Å². The van der Waals surface area contributed by atoms with Gasteiger partial charge in [0.25, 0.3) is 5.91 Å². The van der Waals surface area contributed by atoms with E-state index in [1.165, 1.54) is 16.8 Å². The highest BCUT2D eigenvalue weighted by Gasteiger charge is 2.49. The molecule has 2 fully saturated rings. The average Bonchev–Trinajstić information content (AvgIpc) is 3.45. The molecular weight excluding hydrogens is 520 g/mol. The van der Waals surface area contributed by atoms with Gasteiger partial charge in [0.1, 0.15) is 0 Å². The standard InChI is InChI=1S/C30H29F2N3O5/c31-21-9-4-8-20(26(21)32)25(19-6-2-1-3-7-19)27-22-10-5-13-34(22)30(38)28-29(23(36)17-33-35(27)28)40-24(37)16-18-11-14-39-15-12-18/h1-4,6-9,17-18,22,25,27H,5,10-16H2/t22-,25-,27-/m1/s1. The molecule has 3 aliphatic heterocycles. The zero-order valence-corrected chi connectivity index (χ0v) is 21.8. The maximum absolute atomic E-state index is 15.4. The van der Waals surface area contributed by atoms with Crippen LogP contribution in [0.2, 0.25) is 0 Å². The molecule has 208 valence electrons. The van der Waals surface area contributed by atoms with Crippen LogP contribution in [0.3, 0.4) is 0 Å². The minimum atomic E-state index is -0.983. The number of carbonyl (C=O) groups is 2. The highest BCUT2D eigenvalue weighted by molar-refractivity contribution is 5.97. The van der Waals surface area contributed by atoms with E-state index in [1.54, 1.807) is 4.90 Å². The number of hydrogen-bond acceptors (Lipinski definition) is 6. The molecule has 1 aromatic heterocycles. The summed E-state index contributed by atoms with van der Waals surface area (Å²) in [7, 11) is 0. The molecule has 2 saturated heterocycles. The second-order valence-electron chi connectivity index (χ2n) is 10.6. The van der Waals surface area contributed by atoms with Gasteiger partial charge in [-0.1, -0.05) is 42.5 Å². The smallest absolute Gasteiger partial charge is 0.311 e. The van der Waals surface area contributed by atoms with Crippen LogP contribution in [-0.4, -0.2) is 52.4 Å². The summed E-state index contributed by atoms with van der Waals surface area (Å²) < 4.78 is 42.3. The van der Waals surface area contributed by atoms with E-state index in [0.29, 0.717) is 51.0 Å². The van der Waals surface area contributed by atoms with E-state index < -0.39 is 46.9 Å². The zero-order valence-electron chi connectivity index (χ0n) is 21.8. The summed E-state index contributed by atoms with van der Waals surface area (Å²) in [4.78, 5) is 41.4. The number of nitrogens with zero attached hydrogens (tertiary/aromatic N) is 3. The summed E-state index contributed by atoms with van der Waals surface area (Å²) in [6.45, 7) is 1.53. The van der Waals surface area contributed by atoms with Crippen LogP contribution in [0, 0.1) is 17.6 Å². The molecule has 0 N–H and O–H groups in total. The molecule has 3 aromatic rings. The van der Waals surface area contributed by atoms with Crippen molar-refractivity contribution >= 4 is 11.9 Å². The molecular formula is C30H29F2N3O5. The molecule has 6 rings (SSSR count). The Morgan fingerprint density at radius 1 is 1.05 bits per heavy atom. The van der Waals surface area contributed by atoms with Gasteiger partial charge in [-0.15, -0.1) is 0 Å². The fourth-order valence-electron chi connectivity index (χ4n) is 6.36. The van der Waals surface area contributed by atoms with Crippen LogP contribution in [-0.2, 0) is 9.53 Å². The monoisotopic (exact) mass is 549 g/mol. The summed E-state index contributed by atoms with van der Waals surface area (Å²) in [5.74, 6) is -4.11. The van der Waals surface area contributed by atoms with Crippen molar-refractivity contribution in [3.05, 3.63) is 93.4 Å². The normalized spacial score (nSPS) is 21.6. The number of hydrogen-bond donors (Lipinski definition) is 0. The number of rotatable bonds is 6. The SMILES string of the molecule is O=C(CC1CCOCC1)Oc1c2n(ncc1=O)[C@@H]([C@H](c1ccccc1)c1cccc(F)c1F)[C@H]1CCCN1C2=O. The van der Waals surface area contributed by atoms with Crippen LogP contribution >= 0.6 is 0 Å². The first-order valence-corrected chi connectivity index (χ1v) is 13.6. The first-order chi connectivity index (χ1) is 19.4. The second-order valence-corrected chi connectivity index (χ2v) is 10.6. The van der Waals surface area contributed by atoms with E-state index in [1.807, 2.05) is 30.3 Å². The molecule has 4 heterocycles. The van der Waals surface area contributed by atoms with Crippen molar-refractivity contribution in [2.45, 2.75) is 50.1 Å². The molecule has 3 aliphatic rings. The van der Waals surface area contributed by atoms with E-state index in [0.717, 1.165) is 12.3 Å². The van der Waals surface area contributed by atoms with Gasteiger partial charge < -0.3 is 14.4 Å². The Labute approximate surface area is 229 Å². The van der Waals surface area contributed by atoms with Crippen molar-refractivity contribution in [2.75, 3.05) is 19.8 Å². The first-order valence-electron chi connectivity index (χ1n) is 13.6. The zero-order chi connectivity index (χ0) is 27.8. The number of fused-ring (bicyclic) bond motifs is 2. The Balaban J connectivity index is 1.48. The van der Waals surface area contributed by atoms with Gasteiger partial charge in [0, 0.05) is 37.7 Å². The van der Waals surface area contributed by atoms with Gasteiger partial charge in [-0.2, -0.15) is 5.10 Å². The van der Waals surface area contributed by atoms with Crippen molar-refractivity contribution in [2.24, 2.45) is 5.92 Å². The molecule has 0 bridgehead atoms. The highest BCUT2D eigenvalue weighted by atomic mass is 19.2. The van der Waals surface area contributed by atoms with Crippen molar-refractivity contribution in [1.29, 1.82) is 0 Å². The molecule has 0 unspecified atom stereocenters. The number of aromatic nitrogens is 2. The van der Waals surface area contributed by atoms with Crippen molar-refractivity contribution in [3.8, 4) is 5.75 Å². The third kappa shape index (κ3) is 4.70. The van der Waals surface area contributed by atoms with E-state index in [4.69, 9.17) is 9.47 Å². The number of amides is 1. The lowest BCUT2D eigenvalue weighted by atomic mass is 9.79. The van der Waals surface area contributed by atoms with Gasteiger partial charge in [0.2, 0.25) is 11.2 Å². The fourth-order valence-corrected chi connectivity index (χ4v) is 6.36. The maximum Gasteiger partial charge on any atom is 0.311 e. The second kappa shape index (κ2) is 10.9. The summed E-state index contributed by atoms with van der Waals surface area (Å²) in [6, 6.07) is 12.0. The molecule has 8 nitrogen and oxygen atoms in total. The number of halogens is 2. The van der Waals surface area contributed by atoms with Crippen LogP contribution in [0.1, 0.15) is 65.7 Å². The Morgan fingerprint density at radius 3 is 2.60 bits per heavy atom. The number of ether oxygens (including phenoxy) is 2. The largest absolute Gasteiger partial charge is 0.420 e. The van der Waals surface area contributed by atoms with Gasteiger partial charge in [0.05, 0.1) is 18.3 Å². The van der Waals surface area contributed by atoms with Crippen LogP contribution < -0.4 is 10.2 Å². The minimum Gasteiger partial charge on any atom is -0.420 e. The fraction of sp³-hybridized carbons (Fsp3) is 0.400. The first kappa shape index (κ1) is 26.3. The summed E-state index contributed by atoms with van der Waals surface area (Å²) >= 11 is 0. The van der Waals surface area contributed by atoms with E-state index >= 15 is 4.39 Å². The van der Waals surface area contributed by atoms with Gasteiger partial charge in [-0.25, -0.2) is 13.5 Å². The average molecular weight is 550 g/mol. The lowest BCUT2D eigenvalue weighted by Gasteiger charge is -2.42. The Kier molecular flexibility index (Phi) is 7.18. The quantitative estimate of drug-likeness (QED) is 0.428. The minimum absolute atomic E-state index is 0.0616. The molecule has 10 heteroatoms. The third-order valence-electron chi connectivity index (χ3n) is 8.24. The van der Waals surface area contributed by atoms with Gasteiger partial charge in [-0.3, -0.25) is 14.4 Å². The van der Waals surface area contributed by atoms with Crippen molar-refractivity contribution < 1.29 is 27.8 Å². The lowest BCUT2D eigenvalue weighted by molar-refractivity contribution is -0.136. The third-order valence-corrected chi connectivity index (χ3v) is 8.24. The van der Waals surface area contributed by atoms with E-state index in [9.17, 15) is 18.8 Å². The summed E-state index contributed by atoms with van der Waals surface area (Å²) in [5.41, 5.74) is -0.0251. The summed E-state index contributed by atoms with van der Waals surface area (Å²) in [5, 5.41) is 4.35. The van der Waals surface area contributed by atoms with Gasteiger partial charge >= 0.3 is 5.97 Å². The van der Waals surface area contributed by atoms with Gasteiger partial charge in [0.15, 0.2) is 17.3 Å². The lowest BCUT2D eigenvalue weighted by Crippen LogP contribution is -2.51. The molecule has 1 amide bonds. The van der Waals surface area contributed by atoms with Crippen molar-refractivity contribution in [3.63, 3.8) is 0 Å². The highest BCUT2D eigenvalue weighted by Crippen LogP contribution is 2.46. The number of carbonyl (C=O) groups excluding carboxylic acids is 2. The number of esters is 1. The summed E-state index contributed by atoms with van der Waals surface area (Å²) in [6.07, 6.45) is 3.83. The van der Waals surface area contributed by atoms with Crippen LogP contribution in [0.15, 0.2) is 59.5 Å². The van der Waals surface area contributed by atoms with Crippen LogP contribution in [0.4, 0.5) is 8.78 Å². The molecule has 3 atom stereocenters.